The highest BCUT2D eigenvalue weighted by Crippen LogP contribution is 2.41. The molecular weight excluding hydrogens is 394 g/mol. The number of rotatable bonds is 7. The number of esters is 1. The van der Waals surface area contributed by atoms with E-state index >= 15 is 0 Å². The van der Waals surface area contributed by atoms with Crippen LogP contribution in [0.15, 0.2) is 42.5 Å². The molecule has 0 saturated carbocycles. The van der Waals surface area contributed by atoms with Crippen molar-refractivity contribution in [1.82, 2.24) is 4.31 Å². The van der Waals surface area contributed by atoms with E-state index in [0.29, 0.717) is 23.5 Å². The van der Waals surface area contributed by atoms with E-state index in [-0.39, 0.29) is 18.7 Å². The minimum absolute atomic E-state index is 0.0764. The van der Waals surface area contributed by atoms with E-state index < -0.39 is 22.0 Å². The number of hydrogen-bond acceptors (Lipinski definition) is 6. The highest BCUT2D eigenvalue weighted by molar-refractivity contribution is 7.88. The zero-order valence-electron chi connectivity index (χ0n) is 16.8. The van der Waals surface area contributed by atoms with Gasteiger partial charge >= 0.3 is 5.97 Å². The van der Waals surface area contributed by atoms with E-state index in [2.05, 4.69) is 0 Å². The second kappa shape index (κ2) is 8.84. The standard InChI is InChI=1S/C21H25NO6S/c1-26-19-11-16-9-10-22(29(24,25)14-15-7-5-4-6-8-15)18(13-21(23)28-3)17(16)12-20(19)27-2/h4-8,11-12,18H,9-10,13-14H2,1-3H3/t18-/m0/s1. The van der Waals surface area contributed by atoms with E-state index in [9.17, 15) is 13.2 Å². The molecule has 0 fully saturated rings. The third kappa shape index (κ3) is 4.54. The topological polar surface area (TPSA) is 82.1 Å². The molecule has 0 radical (unpaired) electrons. The average Bonchev–Trinajstić information content (AvgIpc) is 2.72. The van der Waals surface area contributed by atoms with Gasteiger partial charge in [0, 0.05) is 6.54 Å². The molecule has 0 bridgehead atoms. The van der Waals surface area contributed by atoms with Gasteiger partial charge in [-0.15, -0.1) is 0 Å². The van der Waals surface area contributed by atoms with Crippen LogP contribution >= 0.6 is 0 Å². The molecule has 1 aliphatic heterocycles. The summed E-state index contributed by atoms with van der Waals surface area (Å²) < 4.78 is 43.5. The lowest BCUT2D eigenvalue weighted by atomic mass is 9.91. The van der Waals surface area contributed by atoms with Crippen molar-refractivity contribution in [2.24, 2.45) is 0 Å². The van der Waals surface area contributed by atoms with Gasteiger partial charge in [0.2, 0.25) is 10.0 Å². The molecule has 1 heterocycles. The van der Waals surface area contributed by atoms with Gasteiger partial charge in [0.05, 0.1) is 39.5 Å². The third-order valence-electron chi connectivity index (χ3n) is 5.09. The molecule has 0 spiro atoms. The first kappa shape index (κ1) is 21.1. The summed E-state index contributed by atoms with van der Waals surface area (Å²) in [5.74, 6) is 0.457. The van der Waals surface area contributed by atoms with Crippen LogP contribution < -0.4 is 9.47 Å². The first-order valence-corrected chi connectivity index (χ1v) is 10.9. The molecule has 2 aromatic carbocycles. The first-order chi connectivity index (χ1) is 13.9. The maximum Gasteiger partial charge on any atom is 0.307 e. The number of fused-ring (bicyclic) bond motifs is 1. The molecule has 2 aromatic rings. The van der Waals surface area contributed by atoms with Gasteiger partial charge in [-0.25, -0.2) is 8.42 Å². The first-order valence-electron chi connectivity index (χ1n) is 9.24. The van der Waals surface area contributed by atoms with Crippen molar-refractivity contribution < 1.29 is 27.4 Å². The fourth-order valence-electron chi connectivity index (χ4n) is 3.66. The molecule has 1 aliphatic rings. The van der Waals surface area contributed by atoms with Crippen LogP contribution in [0.1, 0.15) is 29.2 Å². The van der Waals surface area contributed by atoms with Crippen molar-refractivity contribution in [2.45, 2.75) is 24.6 Å². The number of nitrogens with zero attached hydrogens (tertiary/aromatic N) is 1. The molecule has 1 atom stereocenters. The number of hydrogen-bond donors (Lipinski definition) is 0. The second-order valence-electron chi connectivity index (χ2n) is 6.80. The summed E-state index contributed by atoms with van der Waals surface area (Å²) in [5, 5.41) is 0. The largest absolute Gasteiger partial charge is 0.493 e. The van der Waals surface area contributed by atoms with Crippen LogP contribution in [0.3, 0.4) is 0 Å². The van der Waals surface area contributed by atoms with Crippen LogP contribution in [0.5, 0.6) is 11.5 Å². The summed E-state index contributed by atoms with van der Waals surface area (Å²) >= 11 is 0. The minimum Gasteiger partial charge on any atom is -0.493 e. The molecule has 0 saturated heterocycles. The van der Waals surface area contributed by atoms with Gasteiger partial charge in [-0.3, -0.25) is 4.79 Å². The fraction of sp³-hybridized carbons (Fsp3) is 0.381. The Kier molecular flexibility index (Phi) is 6.44. The van der Waals surface area contributed by atoms with Gasteiger partial charge in [0.15, 0.2) is 11.5 Å². The van der Waals surface area contributed by atoms with E-state index in [1.165, 1.54) is 18.5 Å². The highest BCUT2D eigenvalue weighted by Gasteiger charge is 2.37. The molecule has 0 aliphatic carbocycles. The van der Waals surface area contributed by atoms with E-state index in [1.807, 2.05) is 12.1 Å². The Morgan fingerprint density at radius 3 is 2.34 bits per heavy atom. The van der Waals surface area contributed by atoms with Crippen molar-refractivity contribution in [3.63, 3.8) is 0 Å². The predicted octanol–water partition coefficient (Wildman–Crippen LogP) is 2.70. The molecular formula is C21H25NO6S. The molecule has 8 heteroatoms. The summed E-state index contributed by atoms with van der Waals surface area (Å²) in [5.41, 5.74) is 2.36. The number of carbonyl (C=O) groups excluding carboxylic acids is 1. The molecule has 0 amide bonds. The normalized spacial score (nSPS) is 16.7. The predicted molar refractivity (Wildman–Crippen MR) is 108 cm³/mol. The number of methoxy groups -OCH3 is 3. The Hall–Kier alpha value is -2.58. The van der Waals surface area contributed by atoms with Crippen molar-refractivity contribution in [2.75, 3.05) is 27.9 Å². The lowest BCUT2D eigenvalue weighted by molar-refractivity contribution is -0.141. The van der Waals surface area contributed by atoms with Crippen LogP contribution in [-0.2, 0) is 31.7 Å². The zero-order valence-corrected chi connectivity index (χ0v) is 17.6. The summed E-state index contributed by atoms with van der Waals surface area (Å²) in [4.78, 5) is 12.1. The monoisotopic (exact) mass is 419 g/mol. The van der Waals surface area contributed by atoms with Crippen LogP contribution in [0.25, 0.3) is 0 Å². The second-order valence-corrected chi connectivity index (χ2v) is 8.73. The summed E-state index contributed by atoms with van der Waals surface area (Å²) in [7, 11) is 0.703. The maximum absolute atomic E-state index is 13.2. The molecule has 0 N–H and O–H groups in total. The van der Waals surface area contributed by atoms with Gasteiger partial charge < -0.3 is 14.2 Å². The van der Waals surface area contributed by atoms with E-state index in [0.717, 1.165) is 11.1 Å². The fourth-order valence-corrected chi connectivity index (χ4v) is 5.38. The van der Waals surface area contributed by atoms with Crippen LogP contribution in [0.2, 0.25) is 0 Å². The highest BCUT2D eigenvalue weighted by atomic mass is 32.2. The van der Waals surface area contributed by atoms with Crippen molar-refractivity contribution in [1.29, 1.82) is 0 Å². The average molecular weight is 419 g/mol. The summed E-state index contributed by atoms with van der Waals surface area (Å²) in [6.07, 6.45) is 0.439. The number of sulfonamides is 1. The molecule has 3 rings (SSSR count). The van der Waals surface area contributed by atoms with Gasteiger partial charge in [-0.1, -0.05) is 30.3 Å². The SMILES string of the molecule is COC(=O)C[C@H]1c2cc(OC)c(OC)cc2CCN1S(=O)(=O)Cc1ccccc1. The number of ether oxygens (including phenoxy) is 3. The van der Waals surface area contributed by atoms with Crippen molar-refractivity contribution >= 4 is 16.0 Å². The smallest absolute Gasteiger partial charge is 0.307 e. The molecule has 7 nitrogen and oxygen atoms in total. The number of benzene rings is 2. The van der Waals surface area contributed by atoms with Gasteiger partial charge in [-0.2, -0.15) is 4.31 Å². The Morgan fingerprint density at radius 2 is 1.72 bits per heavy atom. The third-order valence-corrected chi connectivity index (χ3v) is 6.94. The molecule has 0 unspecified atom stereocenters. The Morgan fingerprint density at radius 1 is 1.07 bits per heavy atom. The molecule has 156 valence electrons. The Balaban J connectivity index is 2.02. The Labute approximate surface area is 171 Å². The Bertz CT molecular complexity index is 974. The van der Waals surface area contributed by atoms with Crippen LogP contribution in [-0.4, -0.2) is 46.6 Å². The van der Waals surface area contributed by atoms with E-state index in [4.69, 9.17) is 14.2 Å². The lowest BCUT2D eigenvalue weighted by Crippen LogP contribution is -2.41. The maximum atomic E-state index is 13.2. The molecule has 29 heavy (non-hydrogen) atoms. The van der Waals surface area contributed by atoms with E-state index in [1.54, 1.807) is 37.4 Å². The van der Waals surface area contributed by atoms with Gasteiger partial charge in [-0.05, 0) is 35.2 Å². The zero-order chi connectivity index (χ0) is 21.0. The van der Waals surface area contributed by atoms with Crippen LogP contribution in [0, 0.1) is 0 Å². The minimum atomic E-state index is -3.66. The van der Waals surface area contributed by atoms with Gasteiger partial charge in [0.25, 0.3) is 0 Å². The quantitative estimate of drug-likeness (QED) is 0.642. The lowest BCUT2D eigenvalue weighted by Gasteiger charge is -2.36. The summed E-state index contributed by atoms with van der Waals surface area (Å²) in [6, 6.07) is 11.9. The molecule has 0 aromatic heterocycles. The van der Waals surface area contributed by atoms with Crippen molar-refractivity contribution in [3.8, 4) is 11.5 Å². The van der Waals surface area contributed by atoms with Gasteiger partial charge in [0.1, 0.15) is 0 Å². The number of carbonyl (C=O) groups is 1. The van der Waals surface area contributed by atoms with Crippen LogP contribution in [0.4, 0.5) is 0 Å². The summed E-state index contributed by atoms with van der Waals surface area (Å²) in [6.45, 7) is 0.277. The van der Waals surface area contributed by atoms with Crippen molar-refractivity contribution in [3.05, 3.63) is 59.2 Å².